The van der Waals surface area contributed by atoms with Crippen LogP contribution in [0.5, 0.6) is 0 Å². The largest absolute Gasteiger partial charge is 0.481 e. The van der Waals surface area contributed by atoms with E-state index < -0.39 is 11.8 Å². The molecule has 0 aromatic heterocycles. The average Bonchev–Trinajstić information content (AvgIpc) is 2.99. The summed E-state index contributed by atoms with van der Waals surface area (Å²) in [4.78, 5) is 10.4. The number of carboxylic acid groups (broad SMARTS) is 1. The predicted molar refractivity (Wildman–Crippen MR) is 84.5 cm³/mol. The highest BCUT2D eigenvalue weighted by Gasteiger charge is 2.42. The van der Waals surface area contributed by atoms with Crippen molar-refractivity contribution < 1.29 is 19.4 Å². The van der Waals surface area contributed by atoms with E-state index in [2.05, 4.69) is 12.2 Å². The Kier molecular flexibility index (Phi) is 6.14. The van der Waals surface area contributed by atoms with E-state index in [-0.39, 0.29) is 12.5 Å². The molecule has 0 aliphatic carbocycles. The van der Waals surface area contributed by atoms with Gasteiger partial charge in [-0.1, -0.05) is 12.2 Å². The van der Waals surface area contributed by atoms with Crippen LogP contribution in [0.4, 0.5) is 0 Å². The van der Waals surface area contributed by atoms with Crippen molar-refractivity contribution in [2.24, 2.45) is 11.8 Å². The van der Waals surface area contributed by atoms with Crippen LogP contribution in [0, 0.1) is 11.8 Å². The molecule has 5 heteroatoms. The summed E-state index contributed by atoms with van der Waals surface area (Å²) in [5.41, 5.74) is 0. The summed E-state index contributed by atoms with van der Waals surface area (Å²) in [6.45, 7) is 4.66. The van der Waals surface area contributed by atoms with E-state index in [0.29, 0.717) is 18.4 Å². The highest BCUT2D eigenvalue weighted by molar-refractivity contribution is 7.99. The Bertz CT molecular complexity index is 380. The van der Waals surface area contributed by atoms with Crippen molar-refractivity contribution >= 4 is 17.7 Å². The monoisotopic (exact) mass is 314 g/mol. The van der Waals surface area contributed by atoms with Gasteiger partial charge in [0.15, 0.2) is 5.79 Å². The zero-order valence-electron chi connectivity index (χ0n) is 12.9. The van der Waals surface area contributed by atoms with Crippen LogP contribution in [0.2, 0.25) is 0 Å². The summed E-state index contributed by atoms with van der Waals surface area (Å²) in [6.07, 6.45) is 7.46. The molecule has 2 rings (SSSR count). The average molecular weight is 314 g/mol. The lowest BCUT2D eigenvalue weighted by Crippen LogP contribution is -2.30. The van der Waals surface area contributed by atoms with Crippen molar-refractivity contribution in [1.29, 1.82) is 0 Å². The molecule has 1 N–H and O–H groups in total. The van der Waals surface area contributed by atoms with Gasteiger partial charge in [-0.05, 0) is 50.5 Å². The second kappa shape index (κ2) is 7.65. The number of aliphatic carboxylic acids is 1. The summed E-state index contributed by atoms with van der Waals surface area (Å²) in [7, 11) is 0. The number of ether oxygens (including phenoxy) is 2. The van der Waals surface area contributed by atoms with Crippen LogP contribution in [0.25, 0.3) is 0 Å². The van der Waals surface area contributed by atoms with Crippen molar-refractivity contribution in [1.82, 2.24) is 0 Å². The molecule has 21 heavy (non-hydrogen) atoms. The van der Waals surface area contributed by atoms with Gasteiger partial charge in [0.1, 0.15) is 0 Å². The van der Waals surface area contributed by atoms with Crippen molar-refractivity contribution in [3.8, 4) is 0 Å². The van der Waals surface area contributed by atoms with E-state index in [1.165, 1.54) is 5.75 Å². The van der Waals surface area contributed by atoms with Crippen LogP contribution in [0.1, 0.15) is 39.5 Å². The highest BCUT2D eigenvalue weighted by Crippen LogP contribution is 2.39. The zero-order valence-corrected chi connectivity index (χ0v) is 13.7. The first-order chi connectivity index (χ1) is 9.98. The van der Waals surface area contributed by atoms with E-state index in [9.17, 15) is 4.79 Å². The Morgan fingerprint density at radius 3 is 2.86 bits per heavy atom. The molecule has 0 aromatic carbocycles. The van der Waals surface area contributed by atoms with Crippen LogP contribution in [-0.4, -0.2) is 41.1 Å². The number of rotatable bonds is 7. The maximum atomic E-state index is 10.4. The van der Waals surface area contributed by atoms with Gasteiger partial charge in [0, 0.05) is 12.3 Å². The molecule has 3 atom stereocenters. The minimum atomic E-state index is -0.711. The third kappa shape index (κ3) is 5.31. The summed E-state index contributed by atoms with van der Waals surface area (Å²) >= 11 is 2.00. The summed E-state index contributed by atoms with van der Waals surface area (Å²) in [5, 5.41) is 8.59. The number of carbonyl (C=O) groups is 1. The lowest BCUT2D eigenvalue weighted by atomic mass is 9.88. The standard InChI is InChI=1S/C16H26O4S/c1-16(2)19-9-14(20-16)13-11-21-10-12(13)7-5-3-4-6-8-15(17)18/h3,5,12-14H,4,6-11H2,1-2H3,(H,17,18)/t12-,13+,14?/m0/s1. The van der Waals surface area contributed by atoms with Crippen LogP contribution >= 0.6 is 11.8 Å². The molecule has 2 saturated heterocycles. The first-order valence-corrected chi connectivity index (χ1v) is 8.90. The minimum Gasteiger partial charge on any atom is -0.481 e. The fourth-order valence-corrected chi connectivity index (χ4v) is 4.54. The van der Waals surface area contributed by atoms with Crippen LogP contribution in [-0.2, 0) is 14.3 Å². The van der Waals surface area contributed by atoms with Crippen molar-refractivity contribution in [3.63, 3.8) is 0 Å². The normalized spacial score (nSPS) is 32.0. The highest BCUT2D eigenvalue weighted by atomic mass is 32.2. The molecule has 0 bridgehead atoms. The Morgan fingerprint density at radius 1 is 1.38 bits per heavy atom. The third-order valence-corrected chi connectivity index (χ3v) is 5.41. The molecule has 2 heterocycles. The molecule has 0 amide bonds. The number of unbranched alkanes of at least 4 members (excludes halogenated alkanes) is 1. The van der Waals surface area contributed by atoms with E-state index in [1.807, 2.05) is 25.6 Å². The van der Waals surface area contributed by atoms with Crippen LogP contribution < -0.4 is 0 Å². The molecule has 0 saturated carbocycles. The predicted octanol–water partition coefficient (Wildman–Crippen LogP) is 3.32. The van der Waals surface area contributed by atoms with Gasteiger partial charge in [-0.25, -0.2) is 0 Å². The van der Waals surface area contributed by atoms with Crippen molar-refractivity contribution in [3.05, 3.63) is 12.2 Å². The van der Waals surface area contributed by atoms with Crippen molar-refractivity contribution in [2.75, 3.05) is 18.1 Å². The van der Waals surface area contributed by atoms with Gasteiger partial charge < -0.3 is 14.6 Å². The maximum absolute atomic E-state index is 10.4. The van der Waals surface area contributed by atoms with Gasteiger partial charge in [0.2, 0.25) is 0 Å². The molecule has 2 aliphatic heterocycles. The molecule has 0 radical (unpaired) electrons. The molecular weight excluding hydrogens is 288 g/mol. The quantitative estimate of drug-likeness (QED) is 0.577. The topological polar surface area (TPSA) is 55.8 Å². The lowest BCUT2D eigenvalue weighted by molar-refractivity contribution is -0.145. The summed E-state index contributed by atoms with van der Waals surface area (Å²) in [5.74, 6) is 2.41. The van der Waals surface area contributed by atoms with E-state index in [1.54, 1.807) is 0 Å². The molecule has 120 valence electrons. The molecule has 1 unspecified atom stereocenters. The molecule has 2 aliphatic rings. The maximum Gasteiger partial charge on any atom is 0.303 e. The number of hydrogen-bond acceptors (Lipinski definition) is 4. The Morgan fingerprint density at radius 2 is 2.19 bits per heavy atom. The number of hydrogen-bond donors (Lipinski definition) is 1. The van der Waals surface area contributed by atoms with E-state index in [4.69, 9.17) is 14.6 Å². The molecule has 0 aromatic rings. The Hall–Kier alpha value is -0.520. The first kappa shape index (κ1) is 16.8. The fourth-order valence-electron chi connectivity index (χ4n) is 2.96. The Balaban J connectivity index is 1.72. The molecular formula is C16H26O4S. The number of carboxylic acids is 1. The van der Waals surface area contributed by atoms with Gasteiger partial charge in [-0.3, -0.25) is 4.79 Å². The van der Waals surface area contributed by atoms with Crippen LogP contribution in [0.3, 0.4) is 0 Å². The van der Waals surface area contributed by atoms with E-state index in [0.717, 1.165) is 25.0 Å². The minimum absolute atomic E-state index is 0.223. The van der Waals surface area contributed by atoms with Crippen molar-refractivity contribution in [2.45, 2.75) is 51.4 Å². The summed E-state index contributed by atoms with van der Waals surface area (Å²) < 4.78 is 11.7. The first-order valence-electron chi connectivity index (χ1n) is 7.74. The van der Waals surface area contributed by atoms with Gasteiger partial charge >= 0.3 is 5.97 Å². The van der Waals surface area contributed by atoms with Gasteiger partial charge in [0.25, 0.3) is 0 Å². The van der Waals surface area contributed by atoms with Crippen LogP contribution in [0.15, 0.2) is 12.2 Å². The molecule has 4 nitrogen and oxygen atoms in total. The lowest BCUT2D eigenvalue weighted by Gasteiger charge is -2.24. The number of allylic oxidation sites excluding steroid dienone is 2. The Labute approximate surface area is 131 Å². The molecule has 0 spiro atoms. The van der Waals surface area contributed by atoms with Gasteiger partial charge in [0.05, 0.1) is 12.7 Å². The fraction of sp³-hybridized carbons (Fsp3) is 0.812. The van der Waals surface area contributed by atoms with E-state index >= 15 is 0 Å². The molecule has 2 fully saturated rings. The summed E-state index contributed by atoms with van der Waals surface area (Å²) in [6, 6.07) is 0. The van der Waals surface area contributed by atoms with Gasteiger partial charge in [-0.2, -0.15) is 11.8 Å². The third-order valence-electron chi connectivity index (χ3n) is 4.12. The van der Waals surface area contributed by atoms with Gasteiger partial charge in [-0.15, -0.1) is 0 Å². The number of thioether (sulfide) groups is 1. The smallest absolute Gasteiger partial charge is 0.303 e. The second-order valence-electron chi connectivity index (χ2n) is 6.32. The zero-order chi connectivity index (χ0) is 15.3. The SMILES string of the molecule is CC1(C)OCC([C@@H]2CSC[C@@H]2CC=CCCCC(=O)O)O1. The second-order valence-corrected chi connectivity index (χ2v) is 7.40.